The standard InChI is InChI=1S/C18H13BrN2O2S/c1-22-17-7-6-13(19)8-15(17)18-21-14(11-24-18)10-23-16-5-3-2-4-12(16)9-20/h2-8,11H,10H2,1H3. The molecule has 0 spiro atoms. The monoisotopic (exact) mass is 400 g/mol. The van der Waals surface area contributed by atoms with Crippen LogP contribution in [-0.4, -0.2) is 12.1 Å². The number of nitrogens with zero attached hydrogens (tertiary/aromatic N) is 2. The van der Waals surface area contributed by atoms with Crippen molar-refractivity contribution in [3.05, 3.63) is 63.6 Å². The van der Waals surface area contributed by atoms with Crippen molar-refractivity contribution in [1.29, 1.82) is 5.26 Å². The summed E-state index contributed by atoms with van der Waals surface area (Å²) in [6.45, 7) is 0.311. The van der Waals surface area contributed by atoms with Gasteiger partial charge < -0.3 is 9.47 Å². The number of aromatic nitrogens is 1. The Kier molecular flexibility index (Phi) is 5.14. The van der Waals surface area contributed by atoms with Crippen molar-refractivity contribution in [3.8, 4) is 28.1 Å². The number of halogens is 1. The summed E-state index contributed by atoms with van der Waals surface area (Å²) in [5, 5.41) is 11.9. The lowest BCUT2D eigenvalue weighted by Crippen LogP contribution is -1.97. The van der Waals surface area contributed by atoms with Crippen LogP contribution in [0.5, 0.6) is 11.5 Å². The van der Waals surface area contributed by atoms with Crippen LogP contribution >= 0.6 is 27.3 Å². The van der Waals surface area contributed by atoms with Crippen LogP contribution in [0.1, 0.15) is 11.3 Å². The van der Waals surface area contributed by atoms with Crippen LogP contribution in [0.25, 0.3) is 10.6 Å². The SMILES string of the molecule is COc1ccc(Br)cc1-c1nc(COc2ccccc2C#N)cs1. The van der Waals surface area contributed by atoms with Gasteiger partial charge in [0.15, 0.2) is 0 Å². The average Bonchev–Trinajstić information content (AvgIpc) is 3.09. The van der Waals surface area contributed by atoms with E-state index in [-0.39, 0.29) is 0 Å². The minimum atomic E-state index is 0.311. The van der Waals surface area contributed by atoms with Gasteiger partial charge in [-0.15, -0.1) is 11.3 Å². The van der Waals surface area contributed by atoms with Crippen LogP contribution in [0.4, 0.5) is 0 Å². The van der Waals surface area contributed by atoms with E-state index in [0.717, 1.165) is 26.5 Å². The molecule has 2 aromatic carbocycles. The molecular weight excluding hydrogens is 388 g/mol. The van der Waals surface area contributed by atoms with Crippen LogP contribution in [0.15, 0.2) is 52.3 Å². The molecular formula is C18H13BrN2O2S. The fourth-order valence-electron chi connectivity index (χ4n) is 2.18. The van der Waals surface area contributed by atoms with Crippen LogP contribution in [0.2, 0.25) is 0 Å². The normalized spacial score (nSPS) is 10.2. The van der Waals surface area contributed by atoms with E-state index in [1.165, 1.54) is 11.3 Å². The molecule has 24 heavy (non-hydrogen) atoms. The topological polar surface area (TPSA) is 55.1 Å². The van der Waals surface area contributed by atoms with Crippen molar-refractivity contribution in [1.82, 2.24) is 4.98 Å². The minimum absolute atomic E-state index is 0.311. The fourth-order valence-corrected chi connectivity index (χ4v) is 3.37. The number of hydrogen-bond acceptors (Lipinski definition) is 5. The Morgan fingerprint density at radius 1 is 1.21 bits per heavy atom. The lowest BCUT2D eigenvalue weighted by atomic mass is 10.2. The molecule has 1 heterocycles. The van der Waals surface area contributed by atoms with Crippen molar-refractivity contribution < 1.29 is 9.47 Å². The zero-order valence-corrected chi connectivity index (χ0v) is 15.2. The first-order valence-corrected chi connectivity index (χ1v) is 8.79. The van der Waals surface area contributed by atoms with Crippen molar-refractivity contribution in [2.75, 3.05) is 7.11 Å². The van der Waals surface area contributed by atoms with Gasteiger partial charge in [-0.25, -0.2) is 4.98 Å². The second kappa shape index (κ2) is 7.47. The second-order valence-electron chi connectivity index (χ2n) is 4.89. The summed E-state index contributed by atoms with van der Waals surface area (Å²) in [4.78, 5) is 4.61. The molecule has 120 valence electrons. The number of hydrogen-bond donors (Lipinski definition) is 0. The van der Waals surface area contributed by atoms with Gasteiger partial charge in [-0.1, -0.05) is 28.1 Å². The molecule has 0 saturated carbocycles. The van der Waals surface area contributed by atoms with Gasteiger partial charge in [-0.3, -0.25) is 0 Å². The number of ether oxygens (including phenoxy) is 2. The van der Waals surface area contributed by atoms with E-state index in [2.05, 4.69) is 27.0 Å². The lowest BCUT2D eigenvalue weighted by molar-refractivity contribution is 0.301. The number of benzene rings is 2. The molecule has 0 amide bonds. The molecule has 4 nitrogen and oxygen atoms in total. The summed E-state index contributed by atoms with van der Waals surface area (Å²) >= 11 is 5.00. The average molecular weight is 401 g/mol. The number of rotatable bonds is 5. The highest BCUT2D eigenvalue weighted by molar-refractivity contribution is 9.10. The zero-order valence-electron chi connectivity index (χ0n) is 12.8. The molecule has 0 aliphatic rings. The van der Waals surface area contributed by atoms with E-state index < -0.39 is 0 Å². The maximum absolute atomic E-state index is 9.09. The molecule has 0 unspecified atom stereocenters. The first-order valence-electron chi connectivity index (χ1n) is 7.11. The van der Waals surface area contributed by atoms with Crippen LogP contribution < -0.4 is 9.47 Å². The number of nitriles is 1. The Labute approximate surface area is 152 Å². The summed E-state index contributed by atoms with van der Waals surface area (Å²) in [6, 6.07) is 15.1. The first-order chi connectivity index (χ1) is 11.7. The third-order valence-electron chi connectivity index (χ3n) is 3.33. The summed E-state index contributed by atoms with van der Waals surface area (Å²) in [7, 11) is 1.64. The van der Waals surface area contributed by atoms with Crippen molar-refractivity contribution >= 4 is 27.3 Å². The maximum Gasteiger partial charge on any atom is 0.137 e. The molecule has 0 aliphatic carbocycles. The zero-order chi connectivity index (χ0) is 16.9. The summed E-state index contributed by atoms with van der Waals surface area (Å²) in [5.41, 5.74) is 2.26. The van der Waals surface area contributed by atoms with Gasteiger partial charge >= 0.3 is 0 Å². The van der Waals surface area contributed by atoms with Crippen LogP contribution in [-0.2, 0) is 6.61 Å². The summed E-state index contributed by atoms with van der Waals surface area (Å²) in [6.07, 6.45) is 0. The summed E-state index contributed by atoms with van der Waals surface area (Å²) in [5.74, 6) is 1.34. The Balaban J connectivity index is 1.79. The smallest absolute Gasteiger partial charge is 0.137 e. The Morgan fingerprint density at radius 2 is 2.04 bits per heavy atom. The van der Waals surface area contributed by atoms with E-state index in [1.54, 1.807) is 19.2 Å². The summed E-state index contributed by atoms with van der Waals surface area (Å²) < 4.78 is 12.1. The van der Waals surface area contributed by atoms with Crippen molar-refractivity contribution in [2.45, 2.75) is 6.61 Å². The van der Waals surface area contributed by atoms with Crippen molar-refractivity contribution in [3.63, 3.8) is 0 Å². The number of thiazole rings is 1. The van der Waals surface area contributed by atoms with Gasteiger partial charge in [-0.05, 0) is 30.3 Å². The molecule has 6 heteroatoms. The number of para-hydroxylation sites is 1. The molecule has 0 N–H and O–H groups in total. The van der Waals surface area contributed by atoms with E-state index in [9.17, 15) is 0 Å². The van der Waals surface area contributed by atoms with Gasteiger partial charge in [0.25, 0.3) is 0 Å². The molecule has 0 fully saturated rings. The Hall–Kier alpha value is -2.36. The van der Waals surface area contributed by atoms with Gasteiger partial charge in [0.2, 0.25) is 0 Å². The molecule has 3 rings (SSSR count). The third kappa shape index (κ3) is 3.58. The lowest BCUT2D eigenvalue weighted by Gasteiger charge is -2.07. The first kappa shape index (κ1) is 16.5. The molecule has 1 aromatic heterocycles. The molecule has 0 aliphatic heterocycles. The second-order valence-corrected chi connectivity index (χ2v) is 6.66. The van der Waals surface area contributed by atoms with Gasteiger partial charge in [0.05, 0.1) is 23.9 Å². The molecule has 0 radical (unpaired) electrons. The highest BCUT2D eigenvalue weighted by Crippen LogP contribution is 2.34. The quantitative estimate of drug-likeness (QED) is 0.602. The third-order valence-corrected chi connectivity index (χ3v) is 4.74. The Morgan fingerprint density at radius 3 is 2.83 bits per heavy atom. The predicted octanol–water partition coefficient (Wildman–Crippen LogP) is 5.03. The predicted molar refractivity (Wildman–Crippen MR) is 97.3 cm³/mol. The van der Waals surface area contributed by atoms with Gasteiger partial charge in [-0.2, -0.15) is 5.26 Å². The molecule has 0 bridgehead atoms. The maximum atomic E-state index is 9.09. The highest BCUT2D eigenvalue weighted by Gasteiger charge is 2.12. The van der Waals surface area contributed by atoms with Gasteiger partial charge in [0.1, 0.15) is 29.2 Å². The van der Waals surface area contributed by atoms with E-state index >= 15 is 0 Å². The van der Waals surface area contributed by atoms with E-state index in [1.807, 2.05) is 35.7 Å². The molecule has 3 aromatic rings. The van der Waals surface area contributed by atoms with E-state index in [0.29, 0.717) is 17.9 Å². The van der Waals surface area contributed by atoms with Crippen molar-refractivity contribution in [2.24, 2.45) is 0 Å². The fraction of sp³-hybridized carbons (Fsp3) is 0.111. The minimum Gasteiger partial charge on any atom is -0.496 e. The van der Waals surface area contributed by atoms with Gasteiger partial charge in [0, 0.05) is 9.85 Å². The molecule has 0 atom stereocenters. The number of methoxy groups -OCH3 is 1. The Bertz CT molecular complexity index is 902. The van der Waals surface area contributed by atoms with Crippen LogP contribution in [0.3, 0.4) is 0 Å². The molecule has 0 saturated heterocycles. The highest BCUT2D eigenvalue weighted by atomic mass is 79.9. The van der Waals surface area contributed by atoms with E-state index in [4.69, 9.17) is 14.7 Å². The largest absolute Gasteiger partial charge is 0.496 e. The van der Waals surface area contributed by atoms with Crippen LogP contribution in [0, 0.1) is 11.3 Å².